The highest BCUT2D eigenvalue weighted by atomic mass is 19.4. The van der Waals surface area contributed by atoms with Crippen LogP contribution in [0, 0.1) is 5.92 Å². The summed E-state index contributed by atoms with van der Waals surface area (Å²) in [4.78, 5) is 56.1. The van der Waals surface area contributed by atoms with Gasteiger partial charge in [0.1, 0.15) is 5.56 Å². The van der Waals surface area contributed by atoms with Gasteiger partial charge >= 0.3 is 24.1 Å². The number of esters is 3. The van der Waals surface area contributed by atoms with E-state index in [9.17, 15) is 37.5 Å². The number of fused-ring (bicyclic) bond motifs is 5. The summed E-state index contributed by atoms with van der Waals surface area (Å²) in [5.41, 5.74) is 1.03. The molecule has 1 aromatic carbocycles. The molecule has 0 spiro atoms. The van der Waals surface area contributed by atoms with Gasteiger partial charge in [0.2, 0.25) is 0 Å². The Morgan fingerprint density at radius 1 is 1.22 bits per heavy atom. The number of nitrogens with zero attached hydrogens (tertiary/aromatic N) is 2. The fourth-order valence-corrected chi connectivity index (χ4v) is 4.84. The number of hydrogen-bond donors (Lipinski definition) is 2. The van der Waals surface area contributed by atoms with Crippen LogP contribution in [0.2, 0.25) is 0 Å². The Labute approximate surface area is 229 Å². The molecule has 41 heavy (non-hydrogen) atoms. The van der Waals surface area contributed by atoms with Gasteiger partial charge in [-0.15, -0.1) is 0 Å². The van der Waals surface area contributed by atoms with Crippen molar-refractivity contribution < 1.29 is 46.9 Å². The number of benzene rings is 1. The summed E-state index contributed by atoms with van der Waals surface area (Å²) in [6, 6.07) is 10.5. The summed E-state index contributed by atoms with van der Waals surface area (Å²) >= 11 is 0. The van der Waals surface area contributed by atoms with Crippen LogP contribution in [0.1, 0.15) is 50.2 Å². The van der Waals surface area contributed by atoms with Crippen LogP contribution in [0.4, 0.5) is 13.2 Å². The quantitative estimate of drug-likeness (QED) is 0.267. The molecule has 2 aromatic heterocycles. The number of carbonyl (C=O) groups excluding carboxylic acids is 3. The molecule has 0 amide bonds. The van der Waals surface area contributed by atoms with E-state index in [1.807, 2.05) is 18.2 Å². The predicted octanol–water partition coefficient (Wildman–Crippen LogP) is 2.54. The van der Waals surface area contributed by atoms with Crippen LogP contribution < -0.4 is 11.3 Å². The Hall–Kier alpha value is -4.30. The Bertz CT molecular complexity index is 1680. The smallest absolute Gasteiger partial charge is 0.426 e. The molecule has 3 N–H and O–H groups in total. The van der Waals surface area contributed by atoms with Crippen molar-refractivity contribution >= 4 is 28.8 Å². The van der Waals surface area contributed by atoms with E-state index in [2.05, 4.69) is 9.72 Å². The standard InChI is InChI=1S/C27H24F3N3O8/c1-4-25(38)15-10-17-19-14(9-13-7-5-6-8-16(13)32-19)11-33(17)20(34)18(15)21(39-22(25)35)40-23(36)26(31,12(2)3)41-24(37)27(28,29)30/h5-10,12,21,38H,4,11,31H2,1-3H3/t21?,25-,26?/m0/s1. The van der Waals surface area contributed by atoms with Gasteiger partial charge in [0, 0.05) is 22.4 Å². The highest BCUT2D eigenvalue weighted by Gasteiger charge is 2.54. The first-order chi connectivity index (χ1) is 19.1. The molecule has 0 saturated carbocycles. The predicted molar refractivity (Wildman–Crippen MR) is 134 cm³/mol. The second-order valence-electron chi connectivity index (χ2n) is 10.1. The molecule has 3 aromatic rings. The minimum absolute atomic E-state index is 0.0454. The first kappa shape index (κ1) is 28.2. The van der Waals surface area contributed by atoms with Crippen molar-refractivity contribution in [3.63, 3.8) is 0 Å². The van der Waals surface area contributed by atoms with E-state index in [1.54, 1.807) is 12.1 Å². The van der Waals surface area contributed by atoms with Gasteiger partial charge in [-0.3, -0.25) is 10.5 Å². The van der Waals surface area contributed by atoms with Gasteiger partial charge in [0.05, 0.1) is 23.4 Å². The molecule has 5 rings (SSSR count). The van der Waals surface area contributed by atoms with Crippen LogP contribution in [0.5, 0.6) is 0 Å². The molecule has 2 aliphatic rings. The van der Waals surface area contributed by atoms with E-state index < -0.39 is 58.7 Å². The molecule has 0 saturated heterocycles. The van der Waals surface area contributed by atoms with Gasteiger partial charge in [0.15, 0.2) is 5.60 Å². The molecule has 0 radical (unpaired) electrons. The van der Waals surface area contributed by atoms with Crippen LogP contribution >= 0.6 is 0 Å². The second kappa shape index (κ2) is 9.38. The summed E-state index contributed by atoms with van der Waals surface area (Å²) in [7, 11) is 0. The first-order valence-electron chi connectivity index (χ1n) is 12.5. The number of halogens is 3. The van der Waals surface area contributed by atoms with E-state index in [0.29, 0.717) is 16.8 Å². The molecule has 0 bridgehead atoms. The Balaban J connectivity index is 1.61. The Kier molecular flexibility index (Phi) is 6.46. The molecule has 2 unspecified atom stereocenters. The fourth-order valence-electron chi connectivity index (χ4n) is 4.84. The lowest BCUT2D eigenvalue weighted by Crippen LogP contribution is -2.59. The maximum atomic E-state index is 13.8. The molecule has 11 nitrogen and oxygen atoms in total. The van der Waals surface area contributed by atoms with Crippen molar-refractivity contribution in [2.24, 2.45) is 11.7 Å². The minimum atomic E-state index is -5.48. The number of rotatable bonds is 5. The number of nitrogens with two attached hydrogens (primary N) is 1. The van der Waals surface area contributed by atoms with Crippen LogP contribution in [-0.2, 0) is 40.7 Å². The summed E-state index contributed by atoms with van der Waals surface area (Å²) < 4.78 is 54.5. The van der Waals surface area contributed by atoms with Crippen molar-refractivity contribution in [2.45, 2.75) is 57.5 Å². The van der Waals surface area contributed by atoms with E-state index in [0.717, 1.165) is 5.39 Å². The third-order valence-corrected chi connectivity index (χ3v) is 7.34. The zero-order chi connectivity index (χ0) is 30.1. The van der Waals surface area contributed by atoms with Gasteiger partial charge in [-0.2, -0.15) is 13.2 Å². The monoisotopic (exact) mass is 575 g/mol. The number of aromatic nitrogens is 2. The van der Waals surface area contributed by atoms with Gasteiger partial charge in [-0.25, -0.2) is 19.4 Å². The van der Waals surface area contributed by atoms with E-state index in [-0.39, 0.29) is 24.2 Å². The zero-order valence-corrected chi connectivity index (χ0v) is 21.9. The molecule has 0 aliphatic carbocycles. The molecule has 4 heterocycles. The summed E-state index contributed by atoms with van der Waals surface area (Å²) in [6.07, 6.45) is -7.84. The Morgan fingerprint density at radius 3 is 2.54 bits per heavy atom. The van der Waals surface area contributed by atoms with Crippen LogP contribution in [0.25, 0.3) is 22.3 Å². The van der Waals surface area contributed by atoms with E-state index in [1.165, 1.54) is 31.4 Å². The number of cyclic esters (lactones) is 1. The fraction of sp³-hybridized carbons (Fsp3) is 0.370. The van der Waals surface area contributed by atoms with E-state index in [4.69, 9.17) is 15.2 Å². The third-order valence-electron chi connectivity index (χ3n) is 7.34. The number of para-hydroxylation sites is 1. The van der Waals surface area contributed by atoms with Crippen LogP contribution in [-0.4, -0.2) is 44.5 Å². The molecular formula is C27H24F3N3O8. The molecule has 14 heteroatoms. The van der Waals surface area contributed by atoms with Gasteiger partial charge in [-0.05, 0) is 24.6 Å². The number of carbonyl (C=O) groups is 3. The number of aliphatic hydroxyl groups is 1. The van der Waals surface area contributed by atoms with Crippen molar-refractivity contribution in [3.8, 4) is 11.4 Å². The molecular weight excluding hydrogens is 551 g/mol. The molecule has 2 aliphatic heterocycles. The number of alkyl halides is 3. The normalized spacial score (nSPS) is 21.0. The van der Waals surface area contributed by atoms with Gasteiger partial charge in [-0.1, -0.05) is 39.0 Å². The lowest BCUT2D eigenvalue weighted by molar-refractivity contribution is -0.236. The Morgan fingerprint density at radius 2 is 1.90 bits per heavy atom. The second-order valence-corrected chi connectivity index (χ2v) is 10.1. The largest absolute Gasteiger partial charge is 0.491 e. The lowest BCUT2D eigenvalue weighted by Gasteiger charge is -2.37. The first-order valence-corrected chi connectivity index (χ1v) is 12.5. The number of pyridine rings is 2. The molecule has 3 atom stereocenters. The average Bonchev–Trinajstić information content (AvgIpc) is 3.27. The summed E-state index contributed by atoms with van der Waals surface area (Å²) in [6.45, 7) is 3.89. The zero-order valence-electron chi connectivity index (χ0n) is 21.9. The summed E-state index contributed by atoms with van der Waals surface area (Å²) in [5, 5.41) is 12.1. The highest BCUT2D eigenvalue weighted by molar-refractivity contribution is 5.88. The van der Waals surface area contributed by atoms with Crippen LogP contribution in [0.3, 0.4) is 0 Å². The number of ether oxygens (including phenoxy) is 3. The highest BCUT2D eigenvalue weighted by Crippen LogP contribution is 2.42. The lowest BCUT2D eigenvalue weighted by atomic mass is 9.85. The maximum Gasteiger partial charge on any atom is 0.491 e. The topological polar surface area (TPSA) is 160 Å². The molecule has 216 valence electrons. The van der Waals surface area contributed by atoms with E-state index >= 15 is 0 Å². The number of hydrogen-bond acceptors (Lipinski definition) is 10. The third kappa shape index (κ3) is 4.34. The minimum Gasteiger partial charge on any atom is -0.426 e. The van der Waals surface area contributed by atoms with Crippen molar-refractivity contribution in [1.82, 2.24) is 9.55 Å². The van der Waals surface area contributed by atoms with Gasteiger partial charge < -0.3 is 23.9 Å². The van der Waals surface area contributed by atoms with Crippen molar-refractivity contribution in [1.29, 1.82) is 0 Å². The van der Waals surface area contributed by atoms with Gasteiger partial charge in [0.25, 0.3) is 17.6 Å². The maximum absolute atomic E-state index is 13.8. The SMILES string of the molecule is CC[C@@]1(O)C(=O)OC(OC(=O)C(N)(OC(=O)C(F)(F)F)C(C)C)c2c1cc1n(c2=O)Cc2cc3ccccc3nc2-1. The summed E-state index contributed by atoms with van der Waals surface area (Å²) in [5.74, 6) is -6.98. The van der Waals surface area contributed by atoms with Crippen LogP contribution in [0.15, 0.2) is 41.2 Å². The van der Waals surface area contributed by atoms with Crippen molar-refractivity contribution in [2.75, 3.05) is 0 Å². The molecule has 0 fully saturated rings. The van der Waals surface area contributed by atoms with Crippen molar-refractivity contribution in [3.05, 3.63) is 63.4 Å². The average molecular weight is 575 g/mol.